The molecule has 4 N–H and O–H groups in total. The Kier molecular flexibility index (Phi) is 4.44. The number of sulfonamides is 1. The van der Waals surface area contributed by atoms with Crippen LogP contribution in [-0.4, -0.2) is 25.7 Å². The van der Waals surface area contributed by atoms with E-state index in [4.69, 9.17) is 5.73 Å². The highest BCUT2D eigenvalue weighted by Crippen LogP contribution is 2.19. The predicted octanol–water partition coefficient (Wildman–Crippen LogP) is 0.992. The highest BCUT2D eigenvalue weighted by Gasteiger charge is 2.27. The molecule has 0 unspecified atom stereocenters. The molecular formula is C13H20N2O3S. The molecular weight excluding hydrogens is 264 g/mol. The summed E-state index contributed by atoms with van der Waals surface area (Å²) in [7, 11) is -3.43. The Hall–Kier alpha value is -1.11. The van der Waals surface area contributed by atoms with Gasteiger partial charge < -0.3 is 10.8 Å². The minimum absolute atomic E-state index is 0.0868. The number of benzene rings is 1. The van der Waals surface area contributed by atoms with Crippen molar-refractivity contribution in [1.29, 1.82) is 0 Å². The van der Waals surface area contributed by atoms with Gasteiger partial charge in [0, 0.05) is 11.7 Å². The summed E-state index contributed by atoms with van der Waals surface area (Å²) in [4.78, 5) is 0. The van der Waals surface area contributed by atoms with Crippen LogP contribution in [0.15, 0.2) is 24.3 Å². The summed E-state index contributed by atoms with van der Waals surface area (Å²) in [5.41, 5.74) is 6.86. The molecule has 5 nitrogen and oxygen atoms in total. The lowest BCUT2D eigenvalue weighted by atomic mass is 9.93. The molecule has 1 saturated carbocycles. The van der Waals surface area contributed by atoms with E-state index in [9.17, 15) is 13.5 Å². The smallest absolute Gasteiger partial charge is 0.216 e. The van der Waals surface area contributed by atoms with Gasteiger partial charge in [-0.3, -0.25) is 0 Å². The first-order valence-electron chi connectivity index (χ1n) is 6.49. The Morgan fingerprint density at radius 1 is 1.21 bits per heavy atom. The van der Waals surface area contributed by atoms with Gasteiger partial charge in [0.05, 0.1) is 11.9 Å². The van der Waals surface area contributed by atoms with E-state index in [1.807, 2.05) is 0 Å². The fraction of sp³-hybridized carbons (Fsp3) is 0.538. The molecule has 0 bridgehead atoms. The summed E-state index contributed by atoms with van der Waals surface area (Å²) in [6, 6.07) is 6.41. The van der Waals surface area contributed by atoms with E-state index in [0.29, 0.717) is 24.1 Å². The summed E-state index contributed by atoms with van der Waals surface area (Å²) in [6.07, 6.45) is 2.69. The van der Waals surface area contributed by atoms with Gasteiger partial charge >= 0.3 is 0 Å². The summed E-state index contributed by atoms with van der Waals surface area (Å²) in [5, 5.41) is 9.79. The summed E-state index contributed by atoms with van der Waals surface area (Å²) < 4.78 is 26.7. The molecule has 1 aliphatic carbocycles. The van der Waals surface area contributed by atoms with Gasteiger partial charge in [0.15, 0.2) is 0 Å². The number of nitrogens with two attached hydrogens (primary N) is 1. The molecule has 0 spiro atoms. The van der Waals surface area contributed by atoms with Gasteiger partial charge in [0.2, 0.25) is 10.0 Å². The molecule has 1 aliphatic rings. The van der Waals surface area contributed by atoms with Crippen LogP contribution in [-0.2, 0) is 15.8 Å². The van der Waals surface area contributed by atoms with Crippen molar-refractivity contribution in [2.24, 2.45) is 0 Å². The topological polar surface area (TPSA) is 92.4 Å². The zero-order valence-electron chi connectivity index (χ0n) is 10.7. The van der Waals surface area contributed by atoms with E-state index >= 15 is 0 Å². The number of aliphatic hydroxyl groups is 1. The standard InChI is InChI=1S/C13H20N2O3S/c14-11-7-5-10(6-8-11)9-19(17,18)15-12-3-1-2-4-13(12)16/h5-8,12-13,15-16H,1-4,9,14H2/t12-,13-/m1/s1. The maximum atomic E-state index is 12.0. The van der Waals surface area contributed by atoms with Crippen LogP contribution >= 0.6 is 0 Å². The van der Waals surface area contributed by atoms with E-state index in [0.717, 1.165) is 12.8 Å². The molecule has 106 valence electrons. The van der Waals surface area contributed by atoms with E-state index in [1.54, 1.807) is 24.3 Å². The SMILES string of the molecule is Nc1ccc(CS(=O)(=O)N[C@@H]2CCCC[C@H]2O)cc1. The second-order valence-electron chi connectivity index (χ2n) is 5.08. The van der Waals surface area contributed by atoms with Crippen molar-refractivity contribution in [2.45, 2.75) is 43.6 Å². The van der Waals surface area contributed by atoms with Gasteiger partial charge in [0.1, 0.15) is 0 Å². The third-order valence-corrected chi connectivity index (χ3v) is 4.77. The maximum absolute atomic E-state index is 12.0. The van der Waals surface area contributed by atoms with Gasteiger partial charge in [0.25, 0.3) is 0 Å². The molecule has 0 aliphatic heterocycles. The van der Waals surface area contributed by atoms with Gasteiger partial charge in [-0.2, -0.15) is 0 Å². The normalized spacial score (nSPS) is 24.3. The monoisotopic (exact) mass is 284 g/mol. The lowest BCUT2D eigenvalue weighted by Gasteiger charge is -2.28. The third kappa shape index (κ3) is 4.19. The lowest BCUT2D eigenvalue weighted by Crippen LogP contribution is -2.45. The van der Waals surface area contributed by atoms with Crippen LogP contribution in [0.4, 0.5) is 5.69 Å². The molecule has 2 atom stereocenters. The van der Waals surface area contributed by atoms with Gasteiger partial charge in [-0.1, -0.05) is 25.0 Å². The summed E-state index contributed by atoms with van der Waals surface area (Å²) in [6.45, 7) is 0. The first-order chi connectivity index (χ1) is 8.96. The lowest BCUT2D eigenvalue weighted by molar-refractivity contribution is 0.101. The Labute approximate surface area is 113 Å². The number of nitrogens with one attached hydrogen (secondary N) is 1. The number of rotatable bonds is 4. The van der Waals surface area contributed by atoms with Crippen LogP contribution in [0, 0.1) is 0 Å². The van der Waals surface area contributed by atoms with Gasteiger partial charge in [-0.25, -0.2) is 13.1 Å². The molecule has 0 saturated heterocycles. The summed E-state index contributed by atoms with van der Waals surface area (Å²) >= 11 is 0. The maximum Gasteiger partial charge on any atom is 0.216 e. The van der Waals surface area contributed by atoms with Crippen LogP contribution in [0.5, 0.6) is 0 Å². The molecule has 6 heteroatoms. The van der Waals surface area contributed by atoms with Gasteiger partial charge in [-0.15, -0.1) is 0 Å². The van der Waals surface area contributed by atoms with Crippen molar-refractivity contribution in [1.82, 2.24) is 4.72 Å². The largest absolute Gasteiger partial charge is 0.399 e. The van der Waals surface area contributed by atoms with E-state index in [2.05, 4.69) is 4.72 Å². The average Bonchev–Trinajstić information content (AvgIpc) is 2.35. The Morgan fingerprint density at radius 3 is 2.47 bits per heavy atom. The van der Waals surface area contributed by atoms with Crippen molar-refractivity contribution in [3.8, 4) is 0 Å². The Bertz CT molecular complexity index is 513. The number of anilines is 1. The second kappa shape index (κ2) is 5.90. The van der Waals surface area contributed by atoms with Crippen LogP contribution < -0.4 is 10.5 Å². The Balaban J connectivity index is 2.00. The predicted molar refractivity (Wildman–Crippen MR) is 74.9 cm³/mol. The first-order valence-corrected chi connectivity index (χ1v) is 8.14. The number of nitrogen functional groups attached to an aromatic ring is 1. The molecule has 0 amide bonds. The molecule has 0 heterocycles. The van der Waals surface area contributed by atoms with Crippen LogP contribution in [0.3, 0.4) is 0 Å². The Morgan fingerprint density at radius 2 is 1.84 bits per heavy atom. The number of aliphatic hydroxyl groups excluding tert-OH is 1. The fourth-order valence-corrected chi connectivity index (χ4v) is 3.81. The number of hydrogen-bond donors (Lipinski definition) is 3. The highest BCUT2D eigenvalue weighted by molar-refractivity contribution is 7.88. The van der Waals surface area contributed by atoms with Crippen LogP contribution in [0.2, 0.25) is 0 Å². The van der Waals surface area contributed by atoms with E-state index in [1.165, 1.54) is 0 Å². The van der Waals surface area contributed by atoms with Gasteiger partial charge in [-0.05, 0) is 30.5 Å². The highest BCUT2D eigenvalue weighted by atomic mass is 32.2. The summed E-state index contributed by atoms with van der Waals surface area (Å²) in [5.74, 6) is -0.0868. The molecule has 0 aromatic heterocycles. The molecule has 2 rings (SSSR count). The average molecular weight is 284 g/mol. The van der Waals surface area contributed by atoms with Crippen molar-refractivity contribution in [3.05, 3.63) is 29.8 Å². The zero-order chi connectivity index (χ0) is 13.9. The van der Waals surface area contributed by atoms with Crippen molar-refractivity contribution < 1.29 is 13.5 Å². The minimum atomic E-state index is -3.43. The van der Waals surface area contributed by atoms with E-state index < -0.39 is 16.1 Å². The third-order valence-electron chi connectivity index (χ3n) is 3.40. The zero-order valence-corrected chi connectivity index (χ0v) is 11.6. The van der Waals surface area contributed by atoms with Crippen molar-refractivity contribution >= 4 is 15.7 Å². The molecule has 1 fully saturated rings. The quantitative estimate of drug-likeness (QED) is 0.719. The minimum Gasteiger partial charge on any atom is -0.399 e. The van der Waals surface area contributed by atoms with Crippen molar-refractivity contribution in [3.63, 3.8) is 0 Å². The molecule has 0 radical (unpaired) electrons. The molecule has 1 aromatic rings. The van der Waals surface area contributed by atoms with Crippen LogP contribution in [0.1, 0.15) is 31.2 Å². The first kappa shape index (κ1) is 14.3. The number of hydrogen-bond acceptors (Lipinski definition) is 4. The second-order valence-corrected chi connectivity index (χ2v) is 6.83. The molecule has 1 aromatic carbocycles. The van der Waals surface area contributed by atoms with Crippen LogP contribution in [0.25, 0.3) is 0 Å². The van der Waals surface area contributed by atoms with E-state index in [-0.39, 0.29) is 11.8 Å². The fourth-order valence-electron chi connectivity index (χ4n) is 2.35. The molecule has 19 heavy (non-hydrogen) atoms. The van der Waals surface area contributed by atoms with Crippen molar-refractivity contribution in [2.75, 3.05) is 5.73 Å².